The summed E-state index contributed by atoms with van der Waals surface area (Å²) in [4.78, 5) is 36.6. The quantitative estimate of drug-likeness (QED) is 0.733. The van der Waals surface area contributed by atoms with E-state index < -0.39 is 11.9 Å². The highest BCUT2D eigenvalue weighted by Gasteiger charge is 2.45. The van der Waals surface area contributed by atoms with Gasteiger partial charge in [-0.25, -0.2) is 0 Å². The van der Waals surface area contributed by atoms with E-state index in [0.717, 1.165) is 0 Å². The van der Waals surface area contributed by atoms with Crippen molar-refractivity contribution in [3.8, 4) is 0 Å². The Balaban J connectivity index is 2.40. The predicted molar refractivity (Wildman–Crippen MR) is 62.3 cm³/mol. The molecule has 0 unspecified atom stereocenters. The Morgan fingerprint density at radius 1 is 1.50 bits per heavy atom. The zero-order valence-electron chi connectivity index (χ0n) is 10.4. The SMILES string of the molecule is CC(C)C(=O)C1=C2NCCN2C(=O)[C@H]1CC(=O)O. The van der Waals surface area contributed by atoms with E-state index in [-0.39, 0.29) is 24.0 Å². The van der Waals surface area contributed by atoms with E-state index in [1.54, 1.807) is 13.8 Å². The minimum Gasteiger partial charge on any atom is -0.481 e. The number of carbonyl (C=O) groups is 3. The Hall–Kier alpha value is -1.85. The van der Waals surface area contributed by atoms with Crippen LogP contribution in [-0.2, 0) is 14.4 Å². The minimum absolute atomic E-state index is 0.151. The number of Topliss-reactive ketones (excluding diaryl/α,β-unsaturated/α-hetero) is 1. The average Bonchev–Trinajstić information content (AvgIpc) is 2.82. The van der Waals surface area contributed by atoms with Crippen molar-refractivity contribution in [2.24, 2.45) is 11.8 Å². The van der Waals surface area contributed by atoms with Gasteiger partial charge in [-0.15, -0.1) is 0 Å². The van der Waals surface area contributed by atoms with Crippen LogP contribution >= 0.6 is 0 Å². The first kappa shape index (κ1) is 12.6. The first-order valence-corrected chi connectivity index (χ1v) is 5.99. The van der Waals surface area contributed by atoms with E-state index in [2.05, 4.69) is 5.32 Å². The van der Waals surface area contributed by atoms with E-state index in [0.29, 0.717) is 24.5 Å². The molecule has 2 heterocycles. The molecule has 0 aromatic carbocycles. The second-order valence-electron chi connectivity index (χ2n) is 4.85. The first-order valence-electron chi connectivity index (χ1n) is 5.99. The maximum Gasteiger partial charge on any atom is 0.304 e. The topological polar surface area (TPSA) is 86.7 Å². The molecule has 1 amide bonds. The number of ketones is 1. The van der Waals surface area contributed by atoms with Gasteiger partial charge in [0.15, 0.2) is 5.78 Å². The van der Waals surface area contributed by atoms with Gasteiger partial charge in [0.2, 0.25) is 5.91 Å². The number of nitrogens with zero attached hydrogens (tertiary/aromatic N) is 1. The minimum atomic E-state index is -1.07. The lowest BCUT2D eigenvalue weighted by Gasteiger charge is -2.13. The highest BCUT2D eigenvalue weighted by atomic mass is 16.4. The summed E-state index contributed by atoms with van der Waals surface area (Å²) in [6.45, 7) is 4.60. The first-order chi connectivity index (χ1) is 8.43. The fourth-order valence-corrected chi connectivity index (χ4v) is 2.39. The summed E-state index contributed by atoms with van der Waals surface area (Å²) in [5.74, 6) is -2.06. The normalized spacial score (nSPS) is 22.5. The molecule has 2 aliphatic rings. The van der Waals surface area contributed by atoms with Crippen molar-refractivity contribution in [2.45, 2.75) is 20.3 Å². The van der Waals surface area contributed by atoms with E-state index in [1.807, 2.05) is 0 Å². The molecule has 0 aromatic rings. The van der Waals surface area contributed by atoms with Crippen molar-refractivity contribution >= 4 is 17.7 Å². The van der Waals surface area contributed by atoms with Crippen LogP contribution < -0.4 is 5.32 Å². The zero-order chi connectivity index (χ0) is 13.4. The number of amides is 1. The number of aliphatic carboxylic acids is 1. The molecule has 18 heavy (non-hydrogen) atoms. The molecule has 2 rings (SSSR count). The summed E-state index contributed by atoms with van der Waals surface area (Å²) in [6.07, 6.45) is -0.325. The summed E-state index contributed by atoms with van der Waals surface area (Å²) in [5, 5.41) is 11.9. The summed E-state index contributed by atoms with van der Waals surface area (Å²) in [7, 11) is 0. The fraction of sp³-hybridized carbons (Fsp3) is 0.583. The van der Waals surface area contributed by atoms with Gasteiger partial charge in [0.05, 0.1) is 12.3 Å². The molecular weight excluding hydrogens is 236 g/mol. The molecule has 0 saturated carbocycles. The molecule has 0 aliphatic carbocycles. The Bertz CT molecular complexity index is 453. The highest BCUT2D eigenvalue weighted by molar-refractivity contribution is 6.07. The molecule has 0 radical (unpaired) electrons. The lowest BCUT2D eigenvalue weighted by Crippen LogP contribution is -2.29. The number of rotatable bonds is 4. The maximum atomic E-state index is 12.2. The van der Waals surface area contributed by atoms with Crippen LogP contribution in [0, 0.1) is 11.8 Å². The number of carboxylic acid groups (broad SMARTS) is 1. The van der Waals surface area contributed by atoms with Crippen molar-refractivity contribution in [1.29, 1.82) is 0 Å². The second-order valence-corrected chi connectivity index (χ2v) is 4.85. The van der Waals surface area contributed by atoms with Gasteiger partial charge < -0.3 is 10.4 Å². The third kappa shape index (κ3) is 1.87. The number of hydrogen-bond acceptors (Lipinski definition) is 4. The molecule has 0 spiro atoms. The van der Waals surface area contributed by atoms with Crippen LogP contribution in [-0.4, -0.2) is 40.8 Å². The van der Waals surface area contributed by atoms with Crippen LogP contribution in [0.2, 0.25) is 0 Å². The molecule has 6 nitrogen and oxygen atoms in total. The summed E-state index contributed by atoms with van der Waals surface area (Å²) in [5.41, 5.74) is 0.342. The van der Waals surface area contributed by atoms with E-state index >= 15 is 0 Å². The lowest BCUT2D eigenvalue weighted by molar-refractivity contribution is -0.141. The Kier molecular flexibility index (Phi) is 3.11. The van der Waals surface area contributed by atoms with Crippen LogP contribution in [0.15, 0.2) is 11.4 Å². The average molecular weight is 252 g/mol. The van der Waals surface area contributed by atoms with Gasteiger partial charge in [-0.05, 0) is 0 Å². The van der Waals surface area contributed by atoms with Gasteiger partial charge in [-0.3, -0.25) is 19.3 Å². The number of carboxylic acids is 1. The predicted octanol–water partition coefficient (Wildman–Crippen LogP) is -0.0406. The third-order valence-electron chi connectivity index (χ3n) is 3.23. The van der Waals surface area contributed by atoms with Crippen LogP contribution in [0.5, 0.6) is 0 Å². The standard InChI is InChI=1S/C12H16N2O4/c1-6(2)10(17)9-7(5-8(15)16)12(18)14-4-3-13-11(9)14/h6-7,13H,3-5H2,1-2H3,(H,15,16)/t7-/m0/s1. The number of fused-ring (bicyclic) bond motifs is 1. The van der Waals surface area contributed by atoms with Gasteiger partial charge in [0.25, 0.3) is 0 Å². The third-order valence-corrected chi connectivity index (χ3v) is 3.23. The molecule has 1 atom stereocenters. The van der Waals surface area contributed by atoms with Crippen LogP contribution in [0.3, 0.4) is 0 Å². The molecule has 1 saturated heterocycles. The van der Waals surface area contributed by atoms with Gasteiger partial charge >= 0.3 is 5.97 Å². The van der Waals surface area contributed by atoms with Gasteiger partial charge in [0.1, 0.15) is 5.82 Å². The number of nitrogens with one attached hydrogen (secondary N) is 1. The Morgan fingerprint density at radius 3 is 2.72 bits per heavy atom. The second kappa shape index (κ2) is 4.44. The van der Waals surface area contributed by atoms with E-state index in [4.69, 9.17) is 5.11 Å². The molecule has 98 valence electrons. The molecule has 1 fully saturated rings. The smallest absolute Gasteiger partial charge is 0.304 e. The zero-order valence-corrected chi connectivity index (χ0v) is 10.4. The molecule has 2 aliphatic heterocycles. The Morgan fingerprint density at radius 2 is 2.17 bits per heavy atom. The van der Waals surface area contributed by atoms with Gasteiger partial charge in [-0.1, -0.05) is 13.8 Å². The lowest BCUT2D eigenvalue weighted by atomic mass is 9.89. The number of hydrogen-bond donors (Lipinski definition) is 2. The molecule has 2 N–H and O–H groups in total. The van der Waals surface area contributed by atoms with E-state index in [9.17, 15) is 14.4 Å². The van der Waals surface area contributed by atoms with Crippen molar-refractivity contribution < 1.29 is 19.5 Å². The van der Waals surface area contributed by atoms with Crippen LogP contribution in [0.4, 0.5) is 0 Å². The monoisotopic (exact) mass is 252 g/mol. The summed E-state index contributed by atoms with van der Waals surface area (Å²) >= 11 is 0. The van der Waals surface area contributed by atoms with Crippen LogP contribution in [0.1, 0.15) is 20.3 Å². The van der Waals surface area contributed by atoms with Crippen molar-refractivity contribution in [3.05, 3.63) is 11.4 Å². The van der Waals surface area contributed by atoms with Crippen molar-refractivity contribution in [3.63, 3.8) is 0 Å². The molecule has 6 heteroatoms. The van der Waals surface area contributed by atoms with Gasteiger partial charge in [-0.2, -0.15) is 0 Å². The number of carbonyl (C=O) groups excluding carboxylic acids is 2. The van der Waals surface area contributed by atoms with Crippen molar-refractivity contribution in [2.75, 3.05) is 13.1 Å². The molecular formula is C12H16N2O4. The molecule has 0 aromatic heterocycles. The van der Waals surface area contributed by atoms with E-state index in [1.165, 1.54) is 4.90 Å². The maximum absolute atomic E-state index is 12.2. The summed E-state index contributed by atoms with van der Waals surface area (Å²) in [6, 6.07) is 0. The van der Waals surface area contributed by atoms with Crippen LogP contribution in [0.25, 0.3) is 0 Å². The summed E-state index contributed by atoms with van der Waals surface area (Å²) < 4.78 is 0. The van der Waals surface area contributed by atoms with Crippen molar-refractivity contribution in [1.82, 2.24) is 10.2 Å². The highest BCUT2D eigenvalue weighted by Crippen LogP contribution is 2.34. The Labute approximate surface area is 105 Å². The molecule has 0 bridgehead atoms. The largest absolute Gasteiger partial charge is 0.481 e. The fourth-order valence-electron chi connectivity index (χ4n) is 2.39. The van der Waals surface area contributed by atoms with Gasteiger partial charge in [0, 0.05) is 24.6 Å².